The Hall–Kier alpha value is -4.08. The fourth-order valence-corrected chi connectivity index (χ4v) is 3.96. The molecule has 0 amide bonds. The largest absolute Gasteiger partial charge is 0.504 e. The minimum absolute atomic E-state index is 0.116. The molecule has 170 valence electrons. The van der Waals surface area contributed by atoms with E-state index in [1.807, 2.05) is 0 Å². The van der Waals surface area contributed by atoms with Gasteiger partial charge in [0.2, 0.25) is 11.5 Å². The predicted octanol–water partition coefficient (Wildman–Crippen LogP) is 2.02. The molecule has 2 aromatic rings. The molecule has 0 saturated heterocycles. The van der Waals surface area contributed by atoms with Gasteiger partial charge in [-0.1, -0.05) is 6.07 Å². The van der Waals surface area contributed by atoms with Gasteiger partial charge in [0.25, 0.3) is 0 Å². The molecule has 4 N–H and O–H groups in total. The van der Waals surface area contributed by atoms with Gasteiger partial charge >= 0.3 is 11.9 Å². The van der Waals surface area contributed by atoms with Crippen LogP contribution >= 0.6 is 0 Å². The average molecular weight is 446 g/mol. The third-order valence-electron chi connectivity index (χ3n) is 5.37. The minimum Gasteiger partial charge on any atom is -0.504 e. The summed E-state index contributed by atoms with van der Waals surface area (Å²) in [6.45, 7) is 0. The Morgan fingerprint density at radius 3 is 2.00 bits per heavy atom. The van der Waals surface area contributed by atoms with E-state index in [1.54, 1.807) is 0 Å². The molecule has 32 heavy (non-hydrogen) atoms. The van der Waals surface area contributed by atoms with E-state index in [2.05, 4.69) is 0 Å². The first kappa shape index (κ1) is 22.6. The minimum atomic E-state index is -1.29. The van der Waals surface area contributed by atoms with Crippen molar-refractivity contribution in [3.63, 3.8) is 0 Å². The summed E-state index contributed by atoms with van der Waals surface area (Å²) < 4.78 is 20.3. The molecule has 10 nitrogen and oxygen atoms in total. The van der Waals surface area contributed by atoms with E-state index in [1.165, 1.54) is 38.5 Å². The molecule has 0 spiro atoms. The Kier molecular flexibility index (Phi) is 6.06. The molecule has 0 fully saturated rings. The quantitative estimate of drug-likeness (QED) is 0.396. The van der Waals surface area contributed by atoms with Gasteiger partial charge in [0.1, 0.15) is 0 Å². The summed E-state index contributed by atoms with van der Waals surface area (Å²) in [5, 5.41) is 40.8. The number of esters is 2. The average Bonchev–Trinajstić information content (AvgIpc) is 2.79. The second-order valence-corrected chi connectivity index (χ2v) is 6.91. The number of hydrogen-bond donors (Lipinski definition) is 4. The maximum atomic E-state index is 12.9. The molecular weight excluding hydrogens is 424 g/mol. The van der Waals surface area contributed by atoms with Crippen LogP contribution in [0.1, 0.15) is 22.6 Å². The Balaban J connectivity index is 2.48. The molecule has 3 rings (SSSR count). The highest BCUT2D eigenvalue weighted by atomic mass is 16.5. The van der Waals surface area contributed by atoms with Gasteiger partial charge in [0.15, 0.2) is 23.0 Å². The second-order valence-electron chi connectivity index (χ2n) is 6.91. The molecule has 10 heteroatoms. The van der Waals surface area contributed by atoms with Crippen molar-refractivity contribution in [3.8, 4) is 34.5 Å². The highest BCUT2D eigenvalue weighted by Crippen LogP contribution is 2.54. The predicted molar refractivity (Wildman–Crippen MR) is 110 cm³/mol. The zero-order valence-electron chi connectivity index (χ0n) is 17.7. The van der Waals surface area contributed by atoms with Gasteiger partial charge in [-0.15, -0.1) is 0 Å². The molecule has 2 aromatic carbocycles. The van der Waals surface area contributed by atoms with Crippen LogP contribution in [0.15, 0.2) is 23.8 Å². The summed E-state index contributed by atoms with van der Waals surface area (Å²) in [6.07, 6.45) is 1.31. The highest BCUT2D eigenvalue weighted by Gasteiger charge is 2.45. The van der Waals surface area contributed by atoms with Crippen LogP contribution in [-0.2, 0) is 19.1 Å². The van der Waals surface area contributed by atoms with Crippen molar-refractivity contribution >= 4 is 18.0 Å². The molecule has 0 radical (unpaired) electrons. The number of benzene rings is 2. The number of ether oxygens (including phenoxy) is 4. The molecular formula is C22H22O10. The van der Waals surface area contributed by atoms with Gasteiger partial charge in [0.05, 0.1) is 39.9 Å². The van der Waals surface area contributed by atoms with Crippen molar-refractivity contribution in [3.05, 3.63) is 40.5 Å². The van der Waals surface area contributed by atoms with Crippen molar-refractivity contribution in [2.75, 3.05) is 28.4 Å². The standard InChI is InChI=1S/C22H22O10/c1-29-19-9(5-6-13(23)17(19)25)15-10-8-14(24)18(26)20(30-2)11(10)7-12(21(27)31-3)16(15)22(28)32-4/h5-8,15-16,23-26H,1-4H3/t15-,16+/m1/s1. The number of rotatable bonds is 5. The molecule has 1 aliphatic rings. The van der Waals surface area contributed by atoms with Crippen LogP contribution in [0, 0.1) is 5.92 Å². The van der Waals surface area contributed by atoms with E-state index in [9.17, 15) is 30.0 Å². The lowest BCUT2D eigenvalue weighted by Crippen LogP contribution is -2.33. The van der Waals surface area contributed by atoms with Crippen molar-refractivity contribution < 1.29 is 49.0 Å². The number of aromatic hydroxyl groups is 4. The molecule has 1 aliphatic carbocycles. The molecule has 0 bridgehead atoms. The number of methoxy groups -OCH3 is 4. The van der Waals surface area contributed by atoms with Crippen molar-refractivity contribution in [1.82, 2.24) is 0 Å². The van der Waals surface area contributed by atoms with Crippen LogP contribution in [0.4, 0.5) is 0 Å². The molecule has 0 unspecified atom stereocenters. The first-order valence-electron chi connectivity index (χ1n) is 9.31. The Morgan fingerprint density at radius 1 is 0.812 bits per heavy atom. The summed E-state index contributed by atoms with van der Waals surface area (Å²) >= 11 is 0. The zero-order chi connectivity index (χ0) is 23.7. The molecule has 0 heterocycles. The van der Waals surface area contributed by atoms with Gasteiger partial charge in [-0.25, -0.2) is 4.79 Å². The number of phenolic OH excluding ortho intramolecular Hbond substituents is 4. The third kappa shape index (κ3) is 3.39. The lowest BCUT2D eigenvalue weighted by molar-refractivity contribution is -0.147. The summed E-state index contributed by atoms with van der Waals surface area (Å²) in [4.78, 5) is 25.5. The van der Waals surface area contributed by atoms with Gasteiger partial charge in [0, 0.05) is 17.0 Å². The Labute approximate surface area is 182 Å². The molecule has 0 aromatic heterocycles. The van der Waals surface area contributed by atoms with Crippen LogP contribution in [0.25, 0.3) is 6.08 Å². The maximum absolute atomic E-state index is 12.9. The lowest BCUT2D eigenvalue weighted by Gasteiger charge is -2.33. The summed E-state index contributed by atoms with van der Waals surface area (Å²) in [6, 6.07) is 3.80. The smallest absolute Gasteiger partial charge is 0.334 e. The van der Waals surface area contributed by atoms with Gasteiger partial charge in [-0.05, 0) is 23.8 Å². The number of carbonyl (C=O) groups excluding carboxylic acids is 2. The van der Waals surface area contributed by atoms with Crippen LogP contribution in [0.5, 0.6) is 34.5 Å². The zero-order valence-corrected chi connectivity index (χ0v) is 17.7. The maximum Gasteiger partial charge on any atom is 0.334 e. The normalized spacial score (nSPS) is 17.1. The topological polar surface area (TPSA) is 152 Å². The SMILES string of the molecule is COC(=O)C1=Cc2c(cc(O)c(O)c2OC)[C@@H](c2ccc(O)c(O)c2OC)[C@H]1C(=O)OC. The van der Waals surface area contributed by atoms with E-state index in [4.69, 9.17) is 18.9 Å². The van der Waals surface area contributed by atoms with Gasteiger partial charge < -0.3 is 39.4 Å². The first-order valence-corrected chi connectivity index (χ1v) is 9.31. The Bertz CT molecular complexity index is 1120. The van der Waals surface area contributed by atoms with Crippen molar-refractivity contribution in [1.29, 1.82) is 0 Å². The number of fused-ring (bicyclic) bond motifs is 1. The first-order chi connectivity index (χ1) is 15.2. The lowest BCUT2D eigenvalue weighted by atomic mass is 9.70. The fourth-order valence-electron chi connectivity index (χ4n) is 3.96. The van der Waals surface area contributed by atoms with Crippen LogP contribution in [0.3, 0.4) is 0 Å². The van der Waals surface area contributed by atoms with E-state index in [0.717, 1.165) is 14.2 Å². The molecule has 0 saturated carbocycles. The molecule has 2 atom stereocenters. The van der Waals surface area contributed by atoms with E-state index >= 15 is 0 Å². The number of carbonyl (C=O) groups is 2. The van der Waals surface area contributed by atoms with Crippen LogP contribution in [-0.4, -0.2) is 60.8 Å². The van der Waals surface area contributed by atoms with E-state index in [0.29, 0.717) is 0 Å². The van der Waals surface area contributed by atoms with Crippen LogP contribution in [0.2, 0.25) is 0 Å². The van der Waals surface area contributed by atoms with Crippen molar-refractivity contribution in [2.45, 2.75) is 5.92 Å². The second kappa shape index (κ2) is 8.58. The van der Waals surface area contributed by atoms with Crippen molar-refractivity contribution in [2.24, 2.45) is 5.92 Å². The fraction of sp³-hybridized carbons (Fsp3) is 0.273. The molecule has 0 aliphatic heterocycles. The van der Waals surface area contributed by atoms with Gasteiger partial charge in [-0.3, -0.25) is 4.79 Å². The summed E-state index contributed by atoms with van der Waals surface area (Å²) in [5.74, 6) is -6.46. The number of phenols is 4. The van der Waals surface area contributed by atoms with Gasteiger partial charge in [-0.2, -0.15) is 0 Å². The summed E-state index contributed by atoms with van der Waals surface area (Å²) in [7, 11) is 4.79. The Morgan fingerprint density at radius 2 is 1.44 bits per heavy atom. The third-order valence-corrected chi connectivity index (χ3v) is 5.37. The number of hydrogen-bond acceptors (Lipinski definition) is 10. The summed E-state index contributed by atoms with van der Waals surface area (Å²) in [5.41, 5.74) is 0.544. The monoisotopic (exact) mass is 446 g/mol. The van der Waals surface area contributed by atoms with E-state index < -0.39 is 46.8 Å². The van der Waals surface area contributed by atoms with E-state index in [-0.39, 0.29) is 33.8 Å². The van der Waals surface area contributed by atoms with Crippen LogP contribution < -0.4 is 9.47 Å². The highest BCUT2D eigenvalue weighted by molar-refractivity contribution is 6.03.